The third kappa shape index (κ3) is 5.12. The number of amides is 2. The quantitative estimate of drug-likeness (QED) is 0.411. The molecular formula is C27H36N2O4. The number of nitrogens with zero attached hydrogens (tertiary/aromatic N) is 2. The molecule has 1 aromatic carbocycles. The molecule has 6 nitrogen and oxygen atoms in total. The molecule has 0 unspecified atom stereocenters. The Kier molecular flexibility index (Phi) is 7.92. The van der Waals surface area contributed by atoms with Crippen LogP contribution in [0.5, 0.6) is 0 Å². The van der Waals surface area contributed by atoms with Crippen molar-refractivity contribution in [3.8, 4) is 0 Å². The molecule has 2 amide bonds. The van der Waals surface area contributed by atoms with Crippen LogP contribution in [0.4, 0.5) is 11.4 Å². The van der Waals surface area contributed by atoms with Crippen molar-refractivity contribution in [2.45, 2.75) is 59.0 Å². The standard InChI is InChI=1S/C27H36N2O4/c1-19(2)8-7-9-20(3)13-15-29-24-12-11-22(28-16-14-25(28)31)18-23(24)27(33,26(29)32)21(4)10-5-6-17-30/h5,8,10-13,18,21,30,33H,6-7,9,14-17H2,1-4H3/b10-5+,20-13+/t21-,27+/m1/s1. The molecule has 3 rings (SSSR count). The van der Waals surface area contributed by atoms with E-state index < -0.39 is 11.5 Å². The minimum atomic E-state index is -1.73. The second kappa shape index (κ2) is 10.5. The van der Waals surface area contributed by atoms with Crippen molar-refractivity contribution in [2.24, 2.45) is 5.92 Å². The van der Waals surface area contributed by atoms with Gasteiger partial charge < -0.3 is 20.0 Å². The van der Waals surface area contributed by atoms with Gasteiger partial charge in [-0.05, 0) is 58.2 Å². The van der Waals surface area contributed by atoms with Crippen molar-refractivity contribution < 1.29 is 19.8 Å². The van der Waals surface area contributed by atoms with E-state index in [0.29, 0.717) is 42.9 Å². The lowest BCUT2D eigenvalue weighted by molar-refractivity contribution is -0.139. The average Bonchev–Trinajstić information content (AvgIpc) is 2.98. The van der Waals surface area contributed by atoms with E-state index >= 15 is 0 Å². The fourth-order valence-corrected chi connectivity index (χ4v) is 4.32. The number of aliphatic hydroxyl groups excluding tert-OH is 1. The van der Waals surface area contributed by atoms with Crippen molar-refractivity contribution in [3.63, 3.8) is 0 Å². The zero-order chi connectivity index (χ0) is 24.2. The van der Waals surface area contributed by atoms with E-state index in [0.717, 1.165) is 12.8 Å². The molecule has 2 aliphatic rings. The maximum atomic E-state index is 13.6. The highest BCUT2D eigenvalue weighted by atomic mass is 16.3. The Bertz CT molecular complexity index is 990. The largest absolute Gasteiger partial charge is 0.396 e. The fourth-order valence-electron chi connectivity index (χ4n) is 4.32. The Morgan fingerprint density at radius 1 is 1.18 bits per heavy atom. The van der Waals surface area contributed by atoms with E-state index in [9.17, 15) is 14.7 Å². The monoisotopic (exact) mass is 452 g/mol. The highest BCUT2D eigenvalue weighted by molar-refractivity contribution is 6.08. The van der Waals surface area contributed by atoms with Gasteiger partial charge in [-0.15, -0.1) is 0 Å². The van der Waals surface area contributed by atoms with Crippen LogP contribution < -0.4 is 9.80 Å². The van der Waals surface area contributed by atoms with Crippen LogP contribution in [0.15, 0.2) is 53.6 Å². The van der Waals surface area contributed by atoms with Crippen molar-refractivity contribution >= 4 is 23.2 Å². The summed E-state index contributed by atoms with van der Waals surface area (Å²) in [6, 6.07) is 5.47. The van der Waals surface area contributed by atoms with Gasteiger partial charge in [0.1, 0.15) is 0 Å². The Balaban J connectivity index is 1.93. The number of carbonyl (C=O) groups is 2. The van der Waals surface area contributed by atoms with Gasteiger partial charge >= 0.3 is 0 Å². The van der Waals surface area contributed by atoms with Gasteiger partial charge in [0, 0.05) is 43.3 Å². The third-order valence-electron chi connectivity index (χ3n) is 6.51. The minimum absolute atomic E-state index is 0.0103. The number of allylic oxidation sites excluding steroid dienone is 3. The molecule has 2 aliphatic heterocycles. The van der Waals surface area contributed by atoms with Gasteiger partial charge in [0.2, 0.25) is 5.91 Å². The van der Waals surface area contributed by atoms with Crippen LogP contribution in [0.1, 0.15) is 58.9 Å². The second-order valence-electron chi connectivity index (χ2n) is 9.28. The molecular weight excluding hydrogens is 416 g/mol. The molecule has 2 heterocycles. The Morgan fingerprint density at radius 2 is 1.94 bits per heavy atom. The van der Waals surface area contributed by atoms with Gasteiger partial charge in [-0.3, -0.25) is 9.59 Å². The summed E-state index contributed by atoms with van der Waals surface area (Å²) in [5.41, 5.74) is 2.66. The SMILES string of the molecule is CC(C)=CCC/C(C)=C/CN1C(=O)[C@](O)([C@H](C)/C=C/CCO)c2cc(N3CCC3=O)ccc21. The van der Waals surface area contributed by atoms with E-state index in [4.69, 9.17) is 5.11 Å². The number of aliphatic hydroxyl groups is 2. The lowest BCUT2D eigenvalue weighted by Crippen LogP contribution is -2.45. The van der Waals surface area contributed by atoms with Crippen LogP contribution in [0.25, 0.3) is 0 Å². The van der Waals surface area contributed by atoms with Gasteiger partial charge in [0.05, 0.1) is 5.69 Å². The molecule has 2 atom stereocenters. The number of hydrogen-bond acceptors (Lipinski definition) is 4. The molecule has 1 fully saturated rings. The zero-order valence-corrected chi connectivity index (χ0v) is 20.2. The topological polar surface area (TPSA) is 81.1 Å². The van der Waals surface area contributed by atoms with Crippen LogP contribution >= 0.6 is 0 Å². The predicted octanol–water partition coefficient (Wildman–Crippen LogP) is 4.22. The summed E-state index contributed by atoms with van der Waals surface area (Å²) in [5.74, 6) is -0.810. The normalized spacial score (nSPS) is 21.5. The van der Waals surface area contributed by atoms with Gasteiger partial charge in [0.25, 0.3) is 5.91 Å². The number of hydrogen-bond donors (Lipinski definition) is 2. The molecule has 0 radical (unpaired) electrons. The zero-order valence-electron chi connectivity index (χ0n) is 20.2. The predicted molar refractivity (Wildman–Crippen MR) is 132 cm³/mol. The molecule has 178 valence electrons. The second-order valence-corrected chi connectivity index (χ2v) is 9.28. The summed E-state index contributed by atoms with van der Waals surface area (Å²) in [7, 11) is 0. The number of carbonyl (C=O) groups excluding carboxylic acids is 2. The average molecular weight is 453 g/mol. The summed E-state index contributed by atoms with van der Waals surface area (Å²) in [5, 5.41) is 20.8. The van der Waals surface area contributed by atoms with Crippen molar-refractivity contribution in [3.05, 3.63) is 59.2 Å². The van der Waals surface area contributed by atoms with E-state index in [2.05, 4.69) is 26.8 Å². The summed E-state index contributed by atoms with van der Waals surface area (Å²) in [4.78, 5) is 28.9. The molecule has 2 N–H and O–H groups in total. The molecule has 0 spiro atoms. The first-order valence-electron chi connectivity index (χ1n) is 11.8. The minimum Gasteiger partial charge on any atom is -0.396 e. The van der Waals surface area contributed by atoms with Gasteiger partial charge in [-0.2, -0.15) is 0 Å². The summed E-state index contributed by atoms with van der Waals surface area (Å²) < 4.78 is 0. The first-order chi connectivity index (χ1) is 15.7. The Hall–Kier alpha value is -2.70. The highest BCUT2D eigenvalue weighted by Gasteiger charge is 2.52. The van der Waals surface area contributed by atoms with Gasteiger partial charge in [-0.25, -0.2) is 0 Å². The van der Waals surface area contributed by atoms with E-state index in [1.807, 2.05) is 18.2 Å². The summed E-state index contributed by atoms with van der Waals surface area (Å²) in [6.07, 6.45) is 10.7. The summed E-state index contributed by atoms with van der Waals surface area (Å²) >= 11 is 0. The van der Waals surface area contributed by atoms with Crippen LogP contribution in [-0.4, -0.2) is 41.7 Å². The molecule has 6 heteroatoms. The van der Waals surface area contributed by atoms with E-state index in [1.54, 1.807) is 34.9 Å². The smallest absolute Gasteiger partial charge is 0.264 e. The van der Waals surface area contributed by atoms with Gasteiger partial charge in [0.15, 0.2) is 5.60 Å². The summed E-state index contributed by atoms with van der Waals surface area (Å²) in [6.45, 7) is 9.07. The maximum absolute atomic E-state index is 13.6. The van der Waals surface area contributed by atoms with Crippen LogP contribution in [-0.2, 0) is 15.2 Å². The highest BCUT2D eigenvalue weighted by Crippen LogP contribution is 2.47. The van der Waals surface area contributed by atoms with Crippen LogP contribution in [0.3, 0.4) is 0 Å². The molecule has 1 aromatic rings. The van der Waals surface area contributed by atoms with Crippen molar-refractivity contribution in [2.75, 3.05) is 29.5 Å². The first-order valence-corrected chi connectivity index (χ1v) is 11.8. The van der Waals surface area contributed by atoms with Gasteiger partial charge in [-0.1, -0.05) is 42.4 Å². The Labute approximate surface area is 196 Å². The van der Waals surface area contributed by atoms with Crippen LogP contribution in [0, 0.1) is 5.92 Å². The molecule has 33 heavy (non-hydrogen) atoms. The van der Waals surface area contributed by atoms with Crippen molar-refractivity contribution in [1.82, 2.24) is 0 Å². The number of rotatable bonds is 10. The van der Waals surface area contributed by atoms with Crippen LogP contribution in [0.2, 0.25) is 0 Å². The first kappa shape index (κ1) is 24.9. The Morgan fingerprint density at radius 3 is 2.55 bits per heavy atom. The number of anilines is 2. The fraction of sp³-hybridized carbons (Fsp3) is 0.481. The maximum Gasteiger partial charge on any atom is 0.264 e. The lowest BCUT2D eigenvalue weighted by Gasteiger charge is -2.32. The number of fused-ring (bicyclic) bond motifs is 1. The molecule has 0 saturated carbocycles. The number of benzene rings is 1. The molecule has 0 aromatic heterocycles. The molecule has 0 bridgehead atoms. The van der Waals surface area contributed by atoms with E-state index in [1.165, 1.54) is 11.1 Å². The van der Waals surface area contributed by atoms with E-state index in [-0.39, 0.29) is 18.4 Å². The third-order valence-corrected chi connectivity index (χ3v) is 6.51. The van der Waals surface area contributed by atoms with Crippen molar-refractivity contribution in [1.29, 1.82) is 0 Å². The molecule has 0 aliphatic carbocycles. The number of β-lactam (4-membered cyclic amide) rings is 1. The molecule has 1 saturated heterocycles. The lowest BCUT2D eigenvalue weighted by atomic mass is 9.82.